The molecule has 2 fully saturated rings. The molecule has 2 N–H and O–H groups in total. The highest BCUT2D eigenvalue weighted by Crippen LogP contribution is 2.44. The van der Waals surface area contributed by atoms with Gasteiger partial charge in [-0.1, -0.05) is 30.3 Å². The Balaban J connectivity index is 1.99. The average molecular weight is 216 g/mol. The predicted octanol–water partition coefficient (Wildman–Crippen LogP) is 0.880. The van der Waals surface area contributed by atoms with E-state index in [0.717, 1.165) is 26.1 Å². The maximum Gasteiger partial charge on any atom is 0.228 e. The van der Waals surface area contributed by atoms with Crippen LogP contribution in [0.15, 0.2) is 30.3 Å². The molecule has 0 radical (unpaired) electrons. The van der Waals surface area contributed by atoms with Crippen LogP contribution in [0, 0.1) is 5.41 Å². The summed E-state index contributed by atoms with van der Waals surface area (Å²) in [6.45, 7) is 2.56. The van der Waals surface area contributed by atoms with Crippen molar-refractivity contribution < 1.29 is 4.79 Å². The van der Waals surface area contributed by atoms with E-state index in [0.29, 0.717) is 5.92 Å². The second-order valence-electron chi connectivity index (χ2n) is 4.76. The predicted molar refractivity (Wildman–Crippen MR) is 62.1 cm³/mol. The minimum Gasteiger partial charge on any atom is -0.355 e. The third-order valence-electron chi connectivity index (χ3n) is 3.98. The molecule has 3 rings (SSSR count). The summed E-state index contributed by atoms with van der Waals surface area (Å²) in [4.78, 5) is 12.0. The van der Waals surface area contributed by atoms with Crippen molar-refractivity contribution in [3.05, 3.63) is 35.9 Å². The van der Waals surface area contributed by atoms with Crippen molar-refractivity contribution >= 4 is 5.91 Å². The van der Waals surface area contributed by atoms with Gasteiger partial charge in [0.2, 0.25) is 5.91 Å². The molecule has 0 saturated carbocycles. The fraction of sp³-hybridized carbons (Fsp3) is 0.462. The molecule has 0 aliphatic carbocycles. The van der Waals surface area contributed by atoms with Crippen molar-refractivity contribution in [1.29, 1.82) is 0 Å². The van der Waals surface area contributed by atoms with Crippen molar-refractivity contribution in [1.82, 2.24) is 10.6 Å². The van der Waals surface area contributed by atoms with Crippen LogP contribution in [0.4, 0.5) is 0 Å². The standard InChI is InChI=1S/C13H16N2O/c16-12-13(6-7-14-9-13)11(8-15-12)10-4-2-1-3-5-10/h1-5,11,14H,6-9H2,(H,15,16)/t11-,13+/m1/s1. The highest BCUT2D eigenvalue weighted by atomic mass is 16.2. The molecule has 0 bridgehead atoms. The maximum absolute atomic E-state index is 12.0. The summed E-state index contributed by atoms with van der Waals surface area (Å²) in [5, 5.41) is 6.35. The highest BCUT2D eigenvalue weighted by Gasteiger charge is 2.52. The summed E-state index contributed by atoms with van der Waals surface area (Å²) in [7, 11) is 0. The lowest BCUT2D eigenvalue weighted by atomic mass is 9.73. The van der Waals surface area contributed by atoms with Gasteiger partial charge < -0.3 is 10.6 Å². The minimum absolute atomic E-state index is 0.193. The van der Waals surface area contributed by atoms with Gasteiger partial charge in [0.25, 0.3) is 0 Å². The normalized spacial score (nSPS) is 33.2. The van der Waals surface area contributed by atoms with Crippen LogP contribution in [0.3, 0.4) is 0 Å². The minimum atomic E-state index is -0.193. The molecule has 2 heterocycles. The highest BCUT2D eigenvalue weighted by molar-refractivity contribution is 5.87. The van der Waals surface area contributed by atoms with E-state index in [1.807, 2.05) is 18.2 Å². The number of hydrogen-bond donors (Lipinski definition) is 2. The molecule has 0 aromatic heterocycles. The molecule has 2 saturated heterocycles. The molecule has 2 atom stereocenters. The number of carbonyl (C=O) groups is 1. The number of carbonyl (C=O) groups excluding carboxylic acids is 1. The zero-order valence-electron chi connectivity index (χ0n) is 9.20. The summed E-state index contributed by atoms with van der Waals surface area (Å²) in [6, 6.07) is 10.4. The van der Waals surface area contributed by atoms with E-state index >= 15 is 0 Å². The van der Waals surface area contributed by atoms with Gasteiger partial charge in [0.15, 0.2) is 0 Å². The smallest absolute Gasteiger partial charge is 0.228 e. The van der Waals surface area contributed by atoms with Gasteiger partial charge in [0, 0.05) is 19.0 Å². The van der Waals surface area contributed by atoms with E-state index in [4.69, 9.17) is 0 Å². The summed E-state index contributed by atoms with van der Waals surface area (Å²) in [6.07, 6.45) is 0.957. The van der Waals surface area contributed by atoms with Crippen molar-refractivity contribution in [2.75, 3.05) is 19.6 Å². The molecule has 2 aliphatic heterocycles. The van der Waals surface area contributed by atoms with Gasteiger partial charge in [-0.15, -0.1) is 0 Å². The molecule has 0 unspecified atom stereocenters. The number of hydrogen-bond acceptors (Lipinski definition) is 2. The zero-order chi connectivity index (χ0) is 11.0. The van der Waals surface area contributed by atoms with Crippen molar-refractivity contribution in [2.24, 2.45) is 5.41 Å². The van der Waals surface area contributed by atoms with Crippen LogP contribution in [0.1, 0.15) is 17.9 Å². The van der Waals surface area contributed by atoms with E-state index < -0.39 is 0 Å². The van der Waals surface area contributed by atoms with Crippen molar-refractivity contribution in [3.8, 4) is 0 Å². The number of benzene rings is 1. The Hall–Kier alpha value is -1.35. The molecule has 3 heteroatoms. The molecular formula is C13H16N2O. The molecular weight excluding hydrogens is 200 g/mol. The Morgan fingerprint density at radius 2 is 2.06 bits per heavy atom. The van der Waals surface area contributed by atoms with Gasteiger partial charge in [-0.2, -0.15) is 0 Å². The largest absolute Gasteiger partial charge is 0.355 e. The molecule has 2 aliphatic rings. The molecule has 1 amide bonds. The van der Waals surface area contributed by atoms with Crippen molar-refractivity contribution in [3.63, 3.8) is 0 Å². The van der Waals surface area contributed by atoms with Gasteiger partial charge >= 0.3 is 0 Å². The van der Waals surface area contributed by atoms with E-state index in [1.54, 1.807) is 0 Å². The first-order valence-corrected chi connectivity index (χ1v) is 5.87. The molecule has 3 nitrogen and oxygen atoms in total. The van der Waals surface area contributed by atoms with Crippen LogP contribution in [0.2, 0.25) is 0 Å². The van der Waals surface area contributed by atoms with E-state index in [-0.39, 0.29) is 11.3 Å². The van der Waals surface area contributed by atoms with Gasteiger partial charge in [-0.25, -0.2) is 0 Å². The lowest BCUT2D eigenvalue weighted by Crippen LogP contribution is -2.36. The van der Waals surface area contributed by atoms with Crippen LogP contribution >= 0.6 is 0 Å². The maximum atomic E-state index is 12.0. The monoisotopic (exact) mass is 216 g/mol. The van der Waals surface area contributed by atoms with Crippen LogP contribution < -0.4 is 10.6 Å². The first kappa shape index (κ1) is 9.85. The SMILES string of the molecule is O=C1NC[C@H](c2ccccc2)[C@@]12CCNC2. The number of rotatable bonds is 1. The Morgan fingerprint density at radius 1 is 1.25 bits per heavy atom. The van der Waals surface area contributed by atoms with Gasteiger partial charge in [-0.3, -0.25) is 4.79 Å². The fourth-order valence-corrected chi connectivity index (χ4v) is 3.05. The molecule has 1 aromatic rings. The Kier molecular flexibility index (Phi) is 2.21. The molecule has 1 spiro atoms. The number of amides is 1. The zero-order valence-corrected chi connectivity index (χ0v) is 9.20. The Bertz CT molecular complexity index is 396. The molecule has 16 heavy (non-hydrogen) atoms. The van der Waals surface area contributed by atoms with Crippen LogP contribution in [0.5, 0.6) is 0 Å². The third kappa shape index (κ3) is 1.28. The summed E-state index contributed by atoms with van der Waals surface area (Å²) in [5.74, 6) is 0.558. The second-order valence-corrected chi connectivity index (χ2v) is 4.76. The summed E-state index contributed by atoms with van der Waals surface area (Å²) >= 11 is 0. The van der Waals surface area contributed by atoms with Gasteiger partial charge in [0.1, 0.15) is 0 Å². The van der Waals surface area contributed by atoms with E-state index in [9.17, 15) is 4.79 Å². The first-order chi connectivity index (χ1) is 7.83. The van der Waals surface area contributed by atoms with Gasteiger partial charge in [0.05, 0.1) is 5.41 Å². The van der Waals surface area contributed by atoms with Crippen molar-refractivity contribution in [2.45, 2.75) is 12.3 Å². The lowest BCUT2D eigenvalue weighted by molar-refractivity contribution is -0.127. The van der Waals surface area contributed by atoms with Crippen LogP contribution in [-0.2, 0) is 4.79 Å². The van der Waals surface area contributed by atoms with Crippen LogP contribution in [0.25, 0.3) is 0 Å². The summed E-state index contributed by atoms with van der Waals surface area (Å²) < 4.78 is 0. The Morgan fingerprint density at radius 3 is 2.75 bits per heavy atom. The average Bonchev–Trinajstić information content (AvgIpc) is 2.92. The van der Waals surface area contributed by atoms with E-state index in [1.165, 1.54) is 5.56 Å². The first-order valence-electron chi connectivity index (χ1n) is 5.87. The topological polar surface area (TPSA) is 41.1 Å². The van der Waals surface area contributed by atoms with E-state index in [2.05, 4.69) is 22.8 Å². The number of nitrogens with one attached hydrogen (secondary N) is 2. The molecule has 84 valence electrons. The van der Waals surface area contributed by atoms with Gasteiger partial charge in [-0.05, 0) is 18.5 Å². The summed E-state index contributed by atoms with van der Waals surface area (Å²) in [5.41, 5.74) is 1.09. The molecule has 1 aromatic carbocycles. The second kappa shape index (κ2) is 3.59. The quantitative estimate of drug-likeness (QED) is 0.731. The lowest BCUT2D eigenvalue weighted by Gasteiger charge is -2.27. The fourth-order valence-electron chi connectivity index (χ4n) is 3.05. The Labute approximate surface area is 95.2 Å². The third-order valence-corrected chi connectivity index (χ3v) is 3.98. The van der Waals surface area contributed by atoms with Crippen LogP contribution in [-0.4, -0.2) is 25.5 Å².